The Kier molecular flexibility index (Phi) is 4.83. The van der Waals surface area contributed by atoms with E-state index in [1.807, 2.05) is 48.8 Å². The molecule has 0 aliphatic carbocycles. The molecular weight excluding hydrogens is 514 g/mol. The van der Waals surface area contributed by atoms with Crippen molar-refractivity contribution in [2.75, 3.05) is 0 Å². The zero-order chi connectivity index (χ0) is 27.6. The molecule has 0 amide bonds. The van der Waals surface area contributed by atoms with E-state index in [4.69, 9.17) is 9.97 Å². The molecule has 0 N–H and O–H groups in total. The molecule has 9 aromatic rings. The predicted molar refractivity (Wildman–Crippen MR) is 171 cm³/mol. The molecule has 0 radical (unpaired) electrons. The first-order chi connectivity index (χ1) is 20.8. The smallest absolute Gasteiger partial charge is 0.165 e. The third-order valence-electron chi connectivity index (χ3n) is 8.19. The summed E-state index contributed by atoms with van der Waals surface area (Å²) < 4.78 is 4.51. The quantitative estimate of drug-likeness (QED) is 0.226. The van der Waals surface area contributed by atoms with Crippen molar-refractivity contribution in [2.24, 2.45) is 0 Å². The Balaban J connectivity index is 1.30. The van der Waals surface area contributed by atoms with Crippen molar-refractivity contribution >= 4 is 54.9 Å². The minimum Gasteiger partial charge on any atom is -0.308 e. The van der Waals surface area contributed by atoms with E-state index in [-0.39, 0.29) is 0 Å². The molecule has 0 saturated carbocycles. The predicted octanol–water partition coefficient (Wildman–Crippen LogP) is 8.89. The molecule has 0 spiro atoms. The Labute approximate surface area is 241 Å². The SMILES string of the molecule is c1ccc(-n2c3ccc(-c4ccc5c(c4)c4nc6ccccc6nc4n5-c4ccccc4)cc3c3ccncc32)cc1. The second-order valence-corrected chi connectivity index (χ2v) is 10.6. The number of fused-ring (bicyclic) bond motifs is 7. The number of aromatic nitrogens is 5. The molecule has 0 saturated heterocycles. The van der Waals surface area contributed by atoms with E-state index in [9.17, 15) is 0 Å². The summed E-state index contributed by atoms with van der Waals surface area (Å²) in [6.07, 6.45) is 3.83. The molecule has 42 heavy (non-hydrogen) atoms. The highest BCUT2D eigenvalue weighted by molar-refractivity contribution is 6.12. The maximum atomic E-state index is 5.12. The average molecular weight is 538 g/mol. The number of rotatable bonds is 3. The third-order valence-corrected chi connectivity index (χ3v) is 8.19. The van der Waals surface area contributed by atoms with Gasteiger partial charge in [-0.05, 0) is 77.9 Å². The van der Waals surface area contributed by atoms with Gasteiger partial charge >= 0.3 is 0 Å². The van der Waals surface area contributed by atoms with Gasteiger partial charge in [0.15, 0.2) is 5.65 Å². The molecule has 9 rings (SSSR count). The summed E-state index contributed by atoms with van der Waals surface area (Å²) in [6.45, 7) is 0. The van der Waals surface area contributed by atoms with Crippen LogP contribution in [0.5, 0.6) is 0 Å². The monoisotopic (exact) mass is 537 g/mol. The molecule has 0 unspecified atom stereocenters. The molecule has 0 bridgehead atoms. The van der Waals surface area contributed by atoms with E-state index in [0.29, 0.717) is 0 Å². The van der Waals surface area contributed by atoms with Gasteiger partial charge in [0.2, 0.25) is 0 Å². The van der Waals surface area contributed by atoms with Crippen LogP contribution in [0.3, 0.4) is 0 Å². The molecule has 5 heteroatoms. The van der Waals surface area contributed by atoms with Crippen LogP contribution in [-0.2, 0) is 0 Å². The summed E-state index contributed by atoms with van der Waals surface area (Å²) in [7, 11) is 0. The molecule has 0 atom stereocenters. The highest BCUT2D eigenvalue weighted by Crippen LogP contribution is 2.37. The molecule has 0 aliphatic heterocycles. The van der Waals surface area contributed by atoms with E-state index in [0.717, 1.165) is 66.6 Å². The second kappa shape index (κ2) is 8.85. The molecule has 196 valence electrons. The largest absolute Gasteiger partial charge is 0.308 e. The van der Waals surface area contributed by atoms with Gasteiger partial charge in [0.25, 0.3) is 0 Å². The van der Waals surface area contributed by atoms with Crippen LogP contribution in [0.25, 0.3) is 77.4 Å². The van der Waals surface area contributed by atoms with Gasteiger partial charge in [0, 0.05) is 33.7 Å². The lowest BCUT2D eigenvalue weighted by Gasteiger charge is -2.09. The van der Waals surface area contributed by atoms with Gasteiger partial charge < -0.3 is 4.57 Å². The van der Waals surface area contributed by atoms with Crippen LogP contribution >= 0.6 is 0 Å². The number of benzene rings is 5. The van der Waals surface area contributed by atoms with Crippen molar-refractivity contribution in [1.82, 2.24) is 24.1 Å². The van der Waals surface area contributed by atoms with Crippen LogP contribution in [0.4, 0.5) is 0 Å². The second-order valence-electron chi connectivity index (χ2n) is 10.6. The first-order valence-electron chi connectivity index (χ1n) is 14.0. The van der Waals surface area contributed by atoms with Crippen molar-refractivity contribution in [3.05, 3.63) is 140 Å². The van der Waals surface area contributed by atoms with Crippen molar-refractivity contribution in [3.8, 4) is 22.5 Å². The average Bonchev–Trinajstić information content (AvgIpc) is 3.56. The van der Waals surface area contributed by atoms with Crippen LogP contribution in [0.2, 0.25) is 0 Å². The lowest BCUT2D eigenvalue weighted by atomic mass is 10.0. The van der Waals surface area contributed by atoms with Gasteiger partial charge in [-0.1, -0.05) is 60.7 Å². The van der Waals surface area contributed by atoms with E-state index in [2.05, 4.69) is 105 Å². The lowest BCUT2D eigenvalue weighted by Crippen LogP contribution is -1.96. The summed E-state index contributed by atoms with van der Waals surface area (Å²) in [5.74, 6) is 0. The molecule has 4 heterocycles. The van der Waals surface area contributed by atoms with E-state index in [1.54, 1.807) is 0 Å². The number of para-hydroxylation sites is 4. The molecule has 4 aromatic heterocycles. The van der Waals surface area contributed by atoms with Crippen molar-refractivity contribution in [2.45, 2.75) is 0 Å². The first kappa shape index (κ1) is 22.9. The highest BCUT2D eigenvalue weighted by atomic mass is 15.1. The molecule has 0 fully saturated rings. The third kappa shape index (κ3) is 3.34. The fraction of sp³-hybridized carbons (Fsp3) is 0. The molecule has 0 aliphatic rings. The lowest BCUT2D eigenvalue weighted by molar-refractivity contribution is 1.14. The number of pyridine rings is 1. The van der Waals surface area contributed by atoms with E-state index in [1.165, 1.54) is 10.8 Å². The first-order valence-corrected chi connectivity index (χ1v) is 14.0. The van der Waals surface area contributed by atoms with Gasteiger partial charge in [0.05, 0.1) is 33.8 Å². The summed E-state index contributed by atoms with van der Waals surface area (Å²) in [5.41, 5.74) is 11.4. The maximum absolute atomic E-state index is 5.12. The minimum absolute atomic E-state index is 0.862. The zero-order valence-electron chi connectivity index (χ0n) is 22.5. The van der Waals surface area contributed by atoms with Crippen LogP contribution in [0, 0.1) is 0 Å². The fourth-order valence-electron chi connectivity index (χ4n) is 6.28. The van der Waals surface area contributed by atoms with Gasteiger partial charge in [-0.3, -0.25) is 9.55 Å². The van der Waals surface area contributed by atoms with Crippen molar-refractivity contribution in [1.29, 1.82) is 0 Å². The van der Waals surface area contributed by atoms with Crippen LogP contribution < -0.4 is 0 Å². The van der Waals surface area contributed by atoms with Crippen LogP contribution in [0.1, 0.15) is 0 Å². The maximum Gasteiger partial charge on any atom is 0.165 e. The normalized spacial score (nSPS) is 11.8. The van der Waals surface area contributed by atoms with Gasteiger partial charge in [-0.2, -0.15) is 0 Å². The summed E-state index contributed by atoms with van der Waals surface area (Å²) in [4.78, 5) is 14.7. The van der Waals surface area contributed by atoms with E-state index < -0.39 is 0 Å². The van der Waals surface area contributed by atoms with Crippen LogP contribution in [0.15, 0.2) is 140 Å². The summed E-state index contributed by atoms with van der Waals surface area (Å²) in [5, 5.41) is 3.47. The van der Waals surface area contributed by atoms with E-state index >= 15 is 0 Å². The molecule has 5 aromatic carbocycles. The summed E-state index contributed by atoms with van der Waals surface area (Å²) in [6, 6.07) is 44.5. The number of hydrogen-bond donors (Lipinski definition) is 0. The van der Waals surface area contributed by atoms with Gasteiger partial charge in [0.1, 0.15) is 5.52 Å². The topological polar surface area (TPSA) is 48.5 Å². The van der Waals surface area contributed by atoms with Gasteiger partial charge in [-0.15, -0.1) is 0 Å². The highest BCUT2D eigenvalue weighted by Gasteiger charge is 2.18. The number of nitrogens with zero attached hydrogens (tertiary/aromatic N) is 5. The Morgan fingerprint density at radius 3 is 1.76 bits per heavy atom. The Bertz CT molecular complexity index is 2450. The Morgan fingerprint density at radius 2 is 1.05 bits per heavy atom. The molecule has 5 nitrogen and oxygen atoms in total. The zero-order valence-corrected chi connectivity index (χ0v) is 22.5. The summed E-state index contributed by atoms with van der Waals surface area (Å²) >= 11 is 0. The Morgan fingerprint density at radius 1 is 0.452 bits per heavy atom. The van der Waals surface area contributed by atoms with Crippen LogP contribution in [-0.4, -0.2) is 24.1 Å². The molecular formula is C37H23N5. The number of hydrogen-bond acceptors (Lipinski definition) is 3. The minimum atomic E-state index is 0.862. The Hall–Kier alpha value is -5.81. The fourth-order valence-corrected chi connectivity index (χ4v) is 6.28. The van der Waals surface area contributed by atoms with Crippen molar-refractivity contribution < 1.29 is 0 Å². The van der Waals surface area contributed by atoms with Gasteiger partial charge in [-0.25, -0.2) is 9.97 Å². The standard InChI is InChI=1S/C37H23N5/c1-3-9-26(10-4-1)41-33-17-15-24(21-29(33)28-19-20-38-23-35(28)41)25-16-18-34-30(22-25)36-37(42(34)27-11-5-2-6-12-27)40-32-14-8-7-13-31(32)39-36/h1-23H. The van der Waals surface area contributed by atoms with Crippen molar-refractivity contribution in [3.63, 3.8) is 0 Å².